The van der Waals surface area contributed by atoms with Crippen LogP contribution in [0.1, 0.15) is 27.2 Å². The normalized spacial score (nSPS) is 15.2. The molecule has 0 aromatic rings. The van der Waals surface area contributed by atoms with E-state index in [9.17, 15) is 4.79 Å². The van der Waals surface area contributed by atoms with Crippen LogP contribution in [0.4, 0.5) is 0 Å². The van der Waals surface area contributed by atoms with Crippen molar-refractivity contribution in [1.29, 1.82) is 0 Å². The predicted molar refractivity (Wildman–Crippen MR) is 47.3 cm³/mol. The molecule has 0 bridgehead atoms. The van der Waals surface area contributed by atoms with Crippen LogP contribution >= 0.6 is 0 Å². The van der Waals surface area contributed by atoms with Crippen LogP contribution in [0, 0.1) is 5.92 Å². The third kappa shape index (κ3) is 3.81. The molecule has 2 heteroatoms. The molecule has 2 atom stereocenters. The number of rotatable bonds is 4. The van der Waals surface area contributed by atoms with Crippen LogP contribution in [0.25, 0.3) is 0 Å². The van der Waals surface area contributed by atoms with Gasteiger partial charge in [0.1, 0.15) is 0 Å². The van der Waals surface area contributed by atoms with Gasteiger partial charge in [0.2, 0.25) is 5.91 Å². The molecule has 0 aromatic heterocycles. The van der Waals surface area contributed by atoms with Crippen molar-refractivity contribution in [3.63, 3.8) is 0 Å². The SMILES string of the molecule is C=CC(=O)NC(C)C(C)CC. The highest BCUT2D eigenvalue weighted by Gasteiger charge is 2.10. The molecule has 0 saturated carbocycles. The Bertz CT molecular complexity index is 142. The van der Waals surface area contributed by atoms with Crippen LogP contribution in [0.2, 0.25) is 0 Å². The summed E-state index contributed by atoms with van der Waals surface area (Å²) >= 11 is 0. The zero-order valence-electron chi connectivity index (χ0n) is 7.55. The van der Waals surface area contributed by atoms with Gasteiger partial charge in [-0.2, -0.15) is 0 Å². The second-order valence-electron chi connectivity index (χ2n) is 2.89. The van der Waals surface area contributed by atoms with Crippen molar-refractivity contribution in [3.8, 4) is 0 Å². The van der Waals surface area contributed by atoms with Crippen LogP contribution in [0.15, 0.2) is 12.7 Å². The summed E-state index contributed by atoms with van der Waals surface area (Å²) in [6, 6.07) is 0.241. The van der Waals surface area contributed by atoms with Gasteiger partial charge in [-0.3, -0.25) is 4.79 Å². The van der Waals surface area contributed by atoms with E-state index in [2.05, 4.69) is 25.7 Å². The standard InChI is InChI=1S/C9H17NO/c1-5-7(3)8(4)10-9(11)6-2/h6-8H,2,5H2,1,3-4H3,(H,10,11). The Labute approximate surface area is 68.7 Å². The predicted octanol–water partition coefficient (Wildman–Crippen LogP) is 1.72. The summed E-state index contributed by atoms with van der Waals surface area (Å²) in [6.07, 6.45) is 2.39. The molecule has 2 unspecified atom stereocenters. The minimum atomic E-state index is -0.0854. The van der Waals surface area contributed by atoms with Gasteiger partial charge >= 0.3 is 0 Å². The third-order valence-corrected chi connectivity index (χ3v) is 2.05. The third-order valence-electron chi connectivity index (χ3n) is 2.05. The van der Waals surface area contributed by atoms with E-state index in [1.807, 2.05) is 6.92 Å². The molecule has 0 aliphatic rings. The Kier molecular flexibility index (Phi) is 4.59. The van der Waals surface area contributed by atoms with Crippen molar-refractivity contribution in [2.45, 2.75) is 33.2 Å². The van der Waals surface area contributed by atoms with E-state index in [1.54, 1.807) is 0 Å². The first kappa shape index (κ1) is 10.2. The molecule has 0 radical (unpaired) electrons. The van der Waals surface area contributed by atoms with Crippen molar-refractivity contribution in [3.05, 3.63) is 12.7 Å². The zero-order valence-corrected chi connectivity index (χ0v) is 7.55. The van der Waals surface area contributed by atoms with Gasteiger partial charge in [-0.15, -0.1) is 0 Å². The Morgan fingerprint density at radius 1 is 1.64 bits per heavy atom. The average molecular weight is 155 g/mol. The number of nitrogens with one attached hydrogen (secondary N) is 1. The molecule has 0 spiro atoms. The van der Waals surface area contributed by atoms with Gasteiger partial charge in [0.05, 0.1) is 0 Å². The van der Waals surface area contributed by atoms with E-state index < -0.39 is 0 Å². The summed E-state index contributed by atoms with van der Waals surface area (Å²) in [5.74, 6) is 0.441. The Morgan fingerprint density at radius 2 is 2.18 bits per heavy atom. The molecule has 0 rings (SSSR count). The molecule has 0 saturated heterocycles. The average Bonchev–Trinajstić information content (AvgIpc) is 2.02. The minimum Gasteiger partial charge on any atom is -0.350 e. The van der Waals surface area contributed by atoms with Crippen molar-refractivity contribution in [1.82, 2.24) is 5.32 Å². The zero-order chi connectivity index (χ0) is 8.85. The van der Waals surface area contributed by atoms with E-state index in [4.69, 9.17) is 0 Å². The molecule has 64 valence electrons. The second-order valence-corrected chi connectivity index (χ2v) is 2.89. The Hall–Kier alpha value is -0.790. The highest BCUT2D eigenvalue weighted by Crippen LogP contribution is 2.05. The highest BCUT2D eigenvalue weighted by atomic mass is 16.1. The summed E-state index contributed by atoms with van der Waals surface area (Å²) in [4.78, 5) is 10.8. The lowest BCUT2D eigenvalue weighted by molar-refractivity contribution is -0.117. The molecule has 0 aliphatic carbocycles. The summed E-state index contributed by atoms with van der Waals surface area (Å²) in [7, 11) is 0. The summed E-state index contributed by atoms with van der Waals surface area (Å²) in [5, 5.41) is 2.82. The van der Waals surface area contributed by atoms with Gasteiger partial charge in [-0.05, 0) is 18.9 Å². The minimum absolute atomic E-state index is 0.0854. The highest BCUT2D eigenvalue weighted by molar-refractivity contribution is 5.87. The molecule has 0 aliphatic heterocycles. The maximum atomic E-state index is 10.8. The number of amides is 1. The van der Waals surface area contributed by atoms with Crippen molar-refractivity contribution in [2.75, 3.05) is 0 Å². The first-order valence-electron chi connectivity index (χ1n) is 4.04. The molecule has 11 heavy (non-hydrogen) atoms. The molecule has 1 amide bonds. The quantitative estimate of drug-likeness (QED) is 0.615. The number of hydrogen-bond acceptors (Lipinski definition) is 1. The lowest BCUT2D eigenvalue weighted by Gasteiger charge is -2.18. The lowest BCUT2D eigenvalue weighted by atomic mass is 10.0. The van der Waals surface area contributed by atoms with Crippen LogP contribution < -0.4 is 5.32 Å². The summed E-state index contributed by atoms with van der Waals surface area (Å²) in [5.41, 5.74) is 0. The maximum absolute atomic E-state index is 10.8. The van der Waals surface area contributed by atoms with Gasteiger partial charge < -0.3 is 5.32 Å². The molecule has 0 heterocycles. The van der Waals surface area contributed by atoms with Gasteiger partial charge in [-0.1, -0.05) is 26.8 Å². The summed E-state index contributed by atoms with van der Waals surface area (Å²) < 4.78 is 0. The van der Waals surface area contributed by atoms with Crippen LogP contribution in [-0.4, -0.2) is 11.9 Å². The number of carbonyl (C=O) groups is 1. The van der Waals surface area contributed by atoms with Crippen molar-refractivity contribution in [2.24, 2.45) is 5.92 Å². The number of carbonyl (C=O) groups excluding carboxylic acids is 1. The van der Waals surface area contributed by atoms with E-state index in [-0.39, 0.29) is 11.9 Å². The molecular formula is C9H17NO. The Balaban J connectivity index is 3.76. The Morgan fingerprint density at radius 3 is 2.55 bits per heavy atom. The van der Waals surface area contributed by atoms with E-state index in [0.29, 0.717) is 5.92 Å². The first-order chi connectivity index (χ1) is 5.11. The van der Waals surface area contributed by atoms with Gasteiger partial charge in [0.25, 0.3) is 0 Å². The number of hydrogen-bond donors (Lipinski definition) is 1. The van der Waals surface area contributed by atoms with E-state index >= 15 is 0 Å². The summed E-state index contributed by atoms with van der Waals surface area (Å²) in [6.45, 7) is 9.63. The molecule has 0 fully saturated rings. The monoisotopic (exact) mass is 155 g/mol. The van der Waals surface area contributed by atoms with Gasteiger partial charge in [-0.25, -0.2) is 0 Å². The molecule has 2 nitrogen and oxygen atoms in total. The topological polar surface area (TPSA) is 29.1 Å². The second kappa shape index (κ2) is 4.94. The fourth-order valence-electron chi connectivity index (χ4n) is 0.779. The fraction of sp³-hybridized carbons (Fsp3) is 0.667. The van der Waals surface area contributed by atoms with Crippen molar-refractivity contribution >= 4 is 5.91 Å². The molecule has 1 N–H and O–H groups in total. The van der Waals surface area contributed by atoms with Gasteiger partial charge in [0.15, 0.2) is 0 Å². The first-order valence-corrected chi connectivity index (χ1v) is 4.04. The maximum Gasteiger partial charge on any atom is 0.243 e. The largest absolute Gasteiger partial charge is 0.350 e. The fourth-order valence-corrected chi connectivity index (χ4v) is 0.779. The van der Waals surface area contributed by atoms with Crippen LogP contribution in [-0.2, 0) is 4.79 Å². The van der Waals surface area contributed by atoms with Crippen LogP contribution in [0.5, 0.6) is 0 Å². The lowest BCUT2D eigenvalue weighted by Crippen LogP contribution is -2.35. The van der Waals surface area contributed by atoms with E-state index in [1.165, 1.54) is 6.08 Å². The van der Waals surface area contributed by atoms with Crippen molar-refractivity contribution < 1.29 is 4.79 Å². The van der Waals surface area contributed by atoms with Crippen LogP contribution in [0.3, 0.4) is 0 Å². The smallest absolute Gasteiger partial charge is 0.243 e. The van der Waals surface area contributed by atoms with Gasteiger partial charge in [0, 0.05) is 6.04 Å². The molecular weight excluding hydrogens is 138 g/mol. The molecule has 0 aromatic carbocycles. The van der Waals surface area contributed by atoms with E-state index in [0.717, 1.165) is 6.42 Å².